The van der Waals surface area contributed by atoms with E-state index in [0.29, 0.717) is 0 Å². The van der Waals surface area contributed by atoms with Crippen molar-refractivity contribution in [3.63, 3.8) is 0 Å². The van der Waals surface area contributed by atoms with E-state index in [1.165, 1.54) is 0 Å². The number of hydrogen-bond acceptors (Lipinski definition) is 2. The maximum Gasteiger partial charge on any atom is 0.491 e. The van der Waals surface area contributed by atoms with Crippen molar-refractivity contribution < 1.29 is 18.9 Å². The van der Waals surface area contributed by atoms with Gasteiger partial charge in [-0.1, -0.05) is 36.4 Å². The molecule has 6 heteroatoms. The van der Waals surface area contributed by atoms with Gasteiger partial charge in [0, 0.05) is 0 Å². The Morgan fingerprint density at radius 3 is 0.833 bits per heavy atom. The van der Waals surface area contributed by atoms with Gasteiger partial charge in [-0.3, -0.25) is 0 Å². The highest BCUT2D eigenvalue weighted by atomic mass is 31.1. The fourth-order valence-electron chi connectivity index (χ4n) is 0.385. The molecule has 0 saturated heterocycles. The lowest BCUT2D eigenvalue weighted by Gasteiger charge is -1.69. The molecule has 2 N–H and O–H groups in total. The third kappa shape index (κ3) is 22.8. The first-order chi connectivity index (χ1) is 5.83. The van der Waals surface area contributed by atoms with Gasteiger partial charge in [0.25, 0.3) is 0 Å². The van der Waals surface area contributed by atoms with Gasteiger partial charge in [-0.05, 0) is 9.13 Å². The van der Waals surface area contributed by atoms with Gasteiger partial charge in [-0.15, -0.1) is 0 Å². The van der Waals surface area contributed by atoms with Gasteiger partial charge < -0.3 is 0 Å². The van der Waals surface area contributed by atoms with Crippen LogP contribution in [0.5, 0.6) is 0 Å². The van der Waals surface area contributed by atoms with E-state index < -0.39 is 17.4 Å². The Morgan fingerprint density at radius 1 is 0.667 bits per heavy atom. The summed E-state index contributed by atoms with van der Waals surface area (Å²) >= 11 is 0. The molecule has 66 valence electrons. The van der Waals surface area contributed by atoms with Crippen LogP contribution in [0.15, 0.2) is 36.4 Å². The summed E-state index contributed by atoms with van der Waals surface area (Å²) < 4.78 is 17.0. The van der Waals surface area contributed by atoms with Crippen LogP contribution in [-0.2, 0) is 9.13 Å². The van der Waals surface area contributed by atoms with Crippen LogP contribution in [0, 0.1) is 0 Å². The van der Waals surface area contributed by atoms with Crippen molar-refractivity contribution >= 4 is 17.4 Å². The number of hydrogen-bond donors (Lipinski definition) is 2. The normalized spacial score (nSPS) is 7.50. The second-order valence-electron chi connectivity index (χ2n) is 1.34. The maximum atomic E-state index is 8.51. The minimum Gasteiger partial charge on any atom is -0.162 e. The lowest BCUT2D eigenvalue weighted by Crippen LogP contribution is -1.47. The highest BCUT2D eigenvalue weighted by Crippen LogP contribution is 1.79. The molecule has 0 radical (unpaired) electrons. The fraction of sp³-hybridized carbons (Fsp3) is 0. The molecule has 0 saturated carbocycles. The molecule has 4 nitrogen and oxygen atoms in total. The average Bonchev–Trinajstić information content (AvgIpc) is 2.10. The van der Waals surface area contributed by atoms with Crippen molar-refractivity contribution in [3.8, 4) is 0 Å². The molecule has 0 aliphatic heterocycles. The van der Waals surface area contributed by atoms with Crippen molar-refractivity contribution in [2.45, 2.75) is 0 Å². The zero-order valence-electron chi connectivity index (χ0n) is 6.18. The Kier molecular flexibility index (Phi) is 19.4. The summed E-state index contributed by atoms with van der Waals surface area (Å²) in [6.45, 7) is 0. The average molecular weight is 208 g/mol. The van der Waals surface area contributed by atoms with E-state index in [9.17, 15) is 0 Å². The predicted molar refractivity (Wildman–Crippen MR) is 48.9 cm³/mol. The molecule has 12 heavy (non-hydrogen) atoms. The van der Waals surface area contributed by atoms with Gasteiger partial charge in [0.1, 0.15) is 0 Å². The van der Waals surface area contributed by atoms with Crippen LogP contribution < -0.4 is 0 Å². The summed E-state index contributed by atoms with van der Waals surface area (Å²) in [7, 11) is -2.33. The molecular weight excluding hydrogens is 198 g/mol. The van der Waals surface area contributed by atoms with E-state index in [4.69, 9.17) is 18.9 Å². The van der Waals surface area contributed by atoms with Crippen molar-refractivity contribution in [1.82, 2.24) is 0 Å². The Hall–Kier alpha value is -0.660. The summed E-state index contributed by atoms with van der Waals surface area (Å²) in [6, 6.07) is 12.0. The quantitative estimate of drug-likeness (QED) is 0.634. The molecule has 0 aromatic heterocycles. The highest BCUT2D eigenvalue weighted by Gasteiger charge is 1.57. The van der Waals surface area contributed by atoms with E-state index in [-0.39, 0.29) is 0 Å². The van der Waals surface area contributed by atoms with Crippen molar-refractivity contribution in [2.24, 2.45) is 0 Å². The van der Waals surface area contributed by atoms with Crippen LogP contribution in [0.1, 0.15) is 0 Å². The molecule has 0 bridgehead atoms. The van der Waals surface area contributed by atoms with Gasteiger partial charge >= 0.3 is 17.4 Å². The smallest absolute Gasteiger partial charge is 0.162 e. The zero-order valence-corrected chi connectivity index (χ0v) is 8.18. The van der Waals surface area contributed by atoms with E-state index in [1.54, 1.807) is 0 Å². The van der Waals surface area contributed by atoms with Crippen LogP contribution >= 0.6 is 17.4 Å². The second-order valence-corrected chi connectivity index (χ2v) is 1.70. The van der Waals surface area contributed by atoms with E-state index in [0.717, 1.165) is 0 Å². The van der Waals surface area contributed by atoms with E-state index >= 15 is 0 Å². The topological polar surface area (TPSA) is 74.6 Å². The van der Waals surface area contributed by atoms with Crippen LogP contribution in [0.2, 0.25) is 0 Å². The first kappa shape index (κ1) is 13.9. The summed E-state index contributed by atoms with van der Waals surface area (Å²) in [6.07, 6.45) is 0. The zero-order chi connectivity index (χ0) is 9.66. The molecule has 0 aliphatic rings. The molecule has 0 aliphatic carbocycles. The minimum absolute atomic E-state index is 1.17. The molecule has 1 aromatic carbocycles. The van der Waals surface area contributed by atoms with E-state index in [2.05, 4.69) is 0 Å². The lowest BCUT2D eigenvalue weighted by molar-refractivity contribution is 0.523. The van der Waals surface area contributed by atoms with Gasteiger partial charge in [0.15, 0.2) is 0 Å². The third-order valence-corrected chi connectivity index (χ3v) is 0.667. The summed E-state index contributed by atoms with van der Waals surface area (Å²) in [5.41, 5.74) is 0. The summed E-state index contributed by atoms with van der Waals surface area (Å²) in [5, 5.41) is 0. The third-order valence-electron chi connectivity index (χ3n) is 0.667. The monoisotopic (exact) mass is 208 g/mol. The van der Waals surface area contributed by atoms with Gasteiger partial charge in [0.05, 0.1) is 0 Å². The van der Waals surface area contributed by atoms with Crippen LogP contribution in [0.25, 0.3) is 0 Å². The SMILES string of the molecule is O=[PH+]O.O=[PH+]O.c1ccccc1. The number of rotatable bonds is 0. The molecule has 0 amide bonds. The second kappa shape index (κ2) is 16.7. The van der Waals surface area contributed by atoms with Crippen LogP contribution in [0.4, 0.5) is 0 Å². The fourth-order valence-corrected chi connectivity index (χ4v) is 0.385. The van der Waals surface area contributed by atoms with Crippen LogP contribution in [-0.4, -0.2) is 9.79 Å². The summed E-state index contributed by atoms with van der Waals surface area (Å²) in [5.74, 6) is 0. The maximum absolute atomic E-state index is 8.51. The molecule has 1 aromatic rings. The Balaban J connectivity index is 0. The minimum atomic E-state index is -1.17. The van der Waals surface area contributed by atoms with E-state index in [1.807, 2.05) is 36.4 Å². The van der Waals surface area contributed by atoms with Crippen molar-refractivity contribution in [2.75, 3.05) is 0 Å². The van der Waals surface area contributed by atoms with Crippen LogP contribution in [0.3, 0.4) is 0 Å². The molecule has 1 rings (SSSR count). The van der Waals surface area contributed by atoms with Crippen molar-refractivity contribution in [3.05, 3.63) is 36.4 Å². The first-order valence-electron chi connectivity index (χ1n) is 2.86. The highest BCUT2D eigenvalue weighted by molar-refractivity contribution is 7.16. The van der Waals surface area contributed by atoms with Gasteiger partial charge in [-0.25, -0.2) is 0 Å². The predicted octanol–water partition coefficient (Wildman–Crippen LogP) is 1.52. The largest absolute Gasteiger partial charge is 0.491 e. The molecule has 2 unspecified atom stereocenters. The standard InChI is InChI=1S/C6H6.2HO2P/c1-2-4-6-5-3-1;2*1-3-2/h1-6H;2*3H/p+2. The molecule has 2 atom stereocenters. The lowest BCUT2D eigenvalue weighted by atomic mass is 10.4. The molecule has 0 heterocycles. The Morgan fingerprint density at radius 2 is 0.750 bits per heavy atom. The molecular formula is C6H10O4P2+2. The molecule has 0 spiro atoms. The van der Waals surface area contributed by atoms with Gasteiger partial charge in [0.2, 0.25) is 0 Å². The Labute approximate surface area is 73.4 Å². The first-order valence-corrected chi connectivity index (χ1v) is 4.57. The van der Waals surface area contributed by atoms with Crippen molar-refractivity contribution in [1.29, 1.82) is 0 Å². The number of benzene rings is 1. The molecule has 0 fully saturated rings. The van der Waals surface area contributed by atoms with Gasteiger partial charge in [-0.2, -0.15) is 9.79 Å². The summed E-state index contributed by atoms with van der Waals surface area (Å²) in [4.78, 5) is 14.1. The Bertz CT molecular complexity index is 147.